The summed E-state index contributed by atoms with van der Waals surface area (Å²) < 4.78 is 6.05. The molecule has 1 aliphatic carbocycles. The quantitative estimate of drug-likeness (QED) is 0.829. The van der Waals surface area contributed by atoms with Crippen LogP contribution in [0.25, 0.3) is 0 Å². The van der Waals surface area contributed by atoms with Crippen LogP contribution in [0.15, 0.2) is 6.07 Å². The van der Waals surface area contributed by atoms with Crippen molar-refractivity contribution in [3.05, 3.63) is 28.3 Å². The lowest BCUT2D eigenvalue weighted by Crippen LogP contribution is -2.32. The second-order valence-electron chi connectivity index (χ2n) is 7.34. The largest absolute Gasteiger partial charge is 0.490 e. The first-order chi connectivity index (χ1) is 9.90. The fourth-order valence-electron chi connectivity index (χ4n) is 3.92. The molecule has 2 aliphatic rings. The zero-order valence-electron chi connectivity index (χ0n) is 13.8. The summed E-state index contributed by atoms with van der Waals surface area (Å²) >= 11 is 0. The van der Waals surface area contributed by atoms with Gasteiger partial charge in [-0.05, 0) is 93.5 Å². The van der Waals surface area contributed by atoms with E-state index in [-0.39, 0.29) is 0 Å². The van der Waals surface area contributed by atoms with Gasteiger partial charge < -0.3 is 9.84 Å². The van der Waals surface area contributed by atoms with Gasteiger partial charge in [0, 0.05) is 0 Å². The van der Waals surface area contributed by atoms with E-state index in [4.69, 9.17) is 4.74 Å². The predicted molar refractivity (Wildman–Crippen MR) is 85.9 cm³/mol. The highest BCUT2D eigenvalue weighted by atomic mass is 16.5. The fourth-order valence-corrected chi connectivity index (χ4v) is 3.92. The van der Waals surface area contributed by atoms with Crippen LogP contribution in [0.3, 0.4) is 0 Å². The number of benzene rings is 1. The van der Waals surface area contributed by atoms with E-state index in [1.54, 1.807) is 0 Å². The Morgan fingerprint density at radius 3 is 2.43 bits per heavy atom. The van der Waals surface area contributed by atoms with Crippen molar-refractivity contribution in [3.8, 4) is 5.75 Å². The van der Waals surface area contributed by atoms with E-state index in [1.165, 1.54) is 16.7 Å². The minimum atomic E-state index is -0.626. The van der Waals surface area contributed by atoms with Gasteiger partial charge in [0.25, 0.3) is 0 Å². The van der Waals surface area contributed by atoms with Crippen molar-refractivity contribution in [2.24, 2.45) is 5.92 Å². The van der Waals surface area contributed by atoms with Crippen molar-refractivity contribution in [2.45, 2.75) is 77.9 Å². The van der Waals surface area contributed by atoms with Crippen molar-refractivity contribution in [1.29, 1.82) is 0 Å². The molecule has 21 heavy (non-hydrogen) atoms. The summed E-state index contributed by atoms with van der Waals surface area (Å²) in [6.45, 7) is 8.72. The number of aryl methyl sites for hydroxylation is 1. The first kappa shape index (κ1) is 14.9. The lowest BCUT2D eigenvalue weighted by atomic mass is 9.73. The van der Waals surface area contributed by atoms with E-state index in [0.29, 0.717) is 6.10 Å². The third-order valence-corrected chi connectivity index (χ3v) is 5.66. The Kier molecular flexibility index (Phi) is 3.77. The smallest absolute Gasteiger partial charge is 0.126 e. The van der Waals surface area contributed by atoms with Crippen LogP contribution in [0.4, 0.5) is 0 Å². The molecule has 0 radical (unpaired) electrons. The maximum Gasteiger partial charge on any atom is 0.126 e. The van der Waals surface area contributed by atoms with Gasteiger partial charge >= 0.3 is 0 Å². The highest BCUT2D eigenvalue weighted by Crippen LogP contribution is 2.44. The van der Waals surface area contributed by atoms with Gasteiger partial charge in [-0.15, -0.1) is 0 Å². The third-order valence-electron chi connectivity index (χ3n) is 5.66. The van der Waals surface area contributed by atoms with Gasteiger partial charge in [-0.25, -0.2) is 0 Å². The van der Waals surface area contributed by atoms with E-state index in [1.807, 2.05) is 0 Å². The Labute approximate surface area is 128 Å². The molecule has 0 aromatic heterocycles. The van der Waals surface area contributed by atoms with Gasteiger partial charge in [0.1, 0.15) is 5.75 Å². The molecule has 1 unspecified atom stereocenters. The van der Waals surface area contributed by atoms with Gasteiger partial charge in [-0.2, -0.15) is 0 Å². The molecule has 2 heteroatoms. The molecule has 3 rings (SSSR count). The molecule has 1 aromatic carbocycles. The Morgan fingerprint density at radius 2 is 1.76 bits per heavy atom. The minimum absolute atomic E-state index is 0.306. The molecule has 1 atom stereocenters. The number of hydrogen-bond acceptors (Lipinski definition) is 2. The molecule has 0 bridgehead atoms. The molecule has 0 saturated heterocycles. The van der Waals surface area contributed by atoms with E-state index >= 15 is 0 Å². The molecule has 1 saturated carbocycles. The van der Waals surface area contributed by atoms with Crippen LogP contribution < -0.4 is 4.74 Å². The van der Waals surface area contributed by atoms with E-state index in [0.717, 1.165) is 55.8 Å². The third kappa shape index (κ3) is 2.59. The van der Waals surface area contributed by atoms with E-state index in [9.17, 15) is 5.11 Å². The fraction of sp³-hybridized carbons (Fsp3) is 0.684. The SMILES string of the molecule is Cc1c(C2(O)CCC(C)CC2)cc2c(c1C)OC(C)CC2. The molecule has 1 fully saturated rings. The van der Waals surface area contributed by atoms with Crippen LogP contribution in [0.1, 0.15) is 68.2 Å². The maximum atomic E-state index is 11.2. The molecule has 2 nitrogen and oxygen atoms in total. The van der Waals surface area contributed by atoms with E-state index < -0.39 is 5.60 Å². The minimum Gasteiger partial charge on any atom is -0.490 e. The van der Waals surface area contributed by atoms with Crippen LogP contribution in [0.2, 0.25) is 0 Å². The molecule has 0 spiro atoms. The van der Waals surface area contributed by atoms with Crippen LogP contribution >= 0.6 is 0 Å². The number of aliphatic hydroxyl groups is 1. The van der Waals surface area contributed by atoms with Gasteiger partial charge in [0.15, 0.2) is 0 Å². The Hall–Kier alpha value is -1.02. The van der Waals surface area contributed by atoms with Crippen molar-refractivity contribution in [3.63, 3.8) is 0 Å². The second kappa shape index (κ2) is 5.31. The highest BCUT2D eigenvalue weighted by molar-refractivity contribution is 5.52. The summed E-state index contributed by atoms with van der Waals surface area (Å²) in [4.78, 5) is 0. The summed E-state index contributed by atoms with van der Waals surface area (Å²) in [6.07, 6.45) is 6.48. The van der Waals surface area contributed by atoms with Gasteiger partial charge in [0.05, 0.1) is 11.7 Å². The van der Waals surface area contributed by atoms with Gasteiger partial charge in [-0.1, -0.05) is 6.92 Å². The van der Waals surface area contributed by atoms with Gasteiger partial charge in [0.2, 0.25) is 0 Å². The average molecular weight is 288 g/mol. The van der Waals surface area contributed by atoms with E-state index in [2.05, 4.69) is 33.8 Å². The molecule has 1 aromatic rings. The molecule has 0 amide bonds. The molecule has 1 heterocycles. The summed E-state index contributed by atoms with van der Waals surface area (Å²) in [5.41, 5.74) is 4.27. The molecular formula is C19H28O2. The zero-order valence-corrected chi connectivity index (χ0v) is 13.8. The Bertz CT molecular complexity index is 539. The summed E-state index contributed by atoms with van der Waals surface area (Å²) in [5, 5.41) is 11.2. The lowest BCUT2D eigenvalue weighted by molar-refractivity contribution is -0.0127. The van der Waals surface area contributed by atoms with Crippen LogP contribution in [-0.4, -0.2) is 11.2 Å². The first-order valence-electron chi connectivity index (χ1n) is 8.43. The second-order valence-corrected chi connectivity index (χ2v) is 7.34. The number of rotatable bonds is 1. The predicted octanol–water partition coefficient (Wildman–Crippen LogP) is 4.41. The lowest BCUT2D eigenvalue weighted by Gasteiger charge is -2.38. The monoisotopic (exact) mass is 288 g/mol. The number of hydrogen-bond donors (Lipinski definition) is 1. The summed E-state index contributed by atoms with van der Waals surface area (Å²) in [6, 6.07) is 2.24. The molecular weight excluding hydrogens is 260 g/mol. The van der Waals surface area contributed by atoms with Crippen molar-refractivity contribution < 1.29 is 9.84 Å². The van der Waals surface area contributed by atoms with Crippen molar-refractivity contribution in [2.75, 3.05) is 0 Å². The Morgan fingerprint density at radius 1 is 1.10 bits per heavy atom. The highest BCUT2D eigenvalue weighted by Gasteiger charge is 2.36. The zero-order chi connectivity index (χ0) is 15.2. The standard InChI is InChI=1S/C19H28O2/c1-12-7-9-19(20,10-8-12)17-11-16-6-5-13(2)21-18(16)15(4)14(17)3/h11-13,20H,5-10H2,1-4H3. The van der Waals surface area contributed by atoms with Gasteiger partial charge in [-0.3, -0.25) is 0 Å². The average Bonchev–Trinajstić information content (AvgIpc) is 2.46. The Balaban J connectivity index is 2.02. The van der Waals surface area contributed by atoms with Crippen molar-refractivity contribution in [1.82, 2.24) is 0 Å². The molecule has 1 N–H and O–H groups in total. The van der Waals surface area contributed by atoms with Crippen LogP contribution in [-0.2, 0) is 12.0 Å². The molecule has 116 valence electrons. The first-order valence-corrected chi connectivity index (χ1v) is 8.43. The molecule has 1 aliphatic heterocycles. The summed E-state index contributed by atoms with van der Waals surface area (Å²) in [7, 11) is 0. The topological polar surface area (TPSA) is 29.5 Å². The van der Waals surface area contributed by atoms with Crippen LogP contribution in [0.5, 0.6) is 5.75 Å². The maximum absolute atomic E-state index is 11.2. The van der Waals surface area contributed by atoms with Crippen LogP contribution in [0, 0.1) is 19.8 Å². The number of fused-ring (bicyclic) bond motifs is 1. The summed E-state index contributed by atoms with van der Waals surface area (Å²) in [5.74, 6) is 1.82. The number of ether oxygens (including phenoxy) is 1. The van der Waals surface area contributed by atoms with Crippen molar-refractivity contribution >= 4 is 0 Å². The normalized spacial score (nSPS) is 32.4.